The minimum Gasteiger partial charge on any atom is -0.457 e. The highest BCUT2D eigenvalue weighted by molar-refractivity contribution is 6.43. The van der Waals surface area contributed by atoms with Gasteiger partial charge in [-0.1, -0.05) is 41.4 Å². The van der Waals surface area contributed by atoms with Crippen LogP contribution in [0.1, 0.15) is 16.1 Å². The summed E-state index contributed by atoms with van der Waals surface area (Å²) in [5, 5.41) is 3.43. The zero-order valence-electron chi connectivity index (χ0n) is 13.9. The topological polar surface area (TPSA) is 85.3 Å². The number of hydrogen-bond donors (Lipinski definition) is 2. The van der Waals surface area contributed by atoms with Gasteiger partial charge < -0.3 is 15.5 Å². The molecule has 2 amide bonds. The Morgan fingerprint density at radius 1 is 1.00 bits per heavy atom. The Labute approximate surface area is 165 Å². The molecule has 3 N–H and O–H groups in total. The SMILES string of the molecule is NC(=O)c1ccccc1NC(=O)C=Cc1ccc(-c2cccc(Cl)c2Cl)o1. The van der Waals surface area contributed by atoms with Crippen LogP contribution < -0.4 is 11.1 Å². The molecule has 0 fully saturated rings. The summed E-state index contributed by atoms with van der Waals surface area (Å²) in [5.74, 6) is -0.0626. The second-order valence-corrected chi connectivity index (χ2v) is 6.32. The maximum atomic E-state index is 12.1. The molecule has 0 radical (unpaired) electrons. The van der Waals surface area contributed by atoms with Crippen molar-refractivity contribution < 1.29 is 14.0 Å². The Morgan fingerprint density at radius 2 is 1.78 bits per heavy atom. The first-order chi connectivity index (χ1) is 13.0. The largest absolute Gasteiger partial charge is 0.457 e. The van der Waals surface area contributed by atoms with E-state index in [9.17, 15) is 9.59 Å². The summed E-state index contributed by atoms with van der Waals surface area (Å²) < 4.78 is 5.68. The maximum absolute atomic E-state index is 12.1. The summed E-state index contributed by atoms with van der Waals surface area (Å²) >= 11 is 12.2. The highest BCUT2D eigenvalue weighted by Gasteiger charge is 2.11. The summed E-state index contributed by atoms with van der Waals surface area (Å²) in [7, 11) is 0. The van der Waals surface area contributed by atoms with Crippen LogP contribution in [-0.4, -0.2) is 11.8 Å². The number of carbonyl (C=O) groups is 2. The molecule has 0 aliphatic heterocycles. The zero-order valence-corrected chi connectivity index (χ0v) is 15.4. The van der Waals surface area contributed by atoms with Crippen LogP contribution in [0.15, 0.2) is 65.1 Å². The maximum Gasteiger partial charge on any atom is 0.250 e. The summed E-state index contributed by atoms with van der Waals surface area (Å²) in [6, 6.07) is 15.2. The van der Waals surface area contributed by atoms with E-state index in [0.717, 1.165) is 0 Å². The predicted octanol–water partition coefficient (Wildman–Crippen LogP) is 5.00. The van der Waals surface area contributed by atoms with Gasteiger partial charge >= 0.3 is 0 Å². The van der Waals surface area contributed by atoms with Crippen molar-refractivity contribution in [1.29, 1.82) is 0 Å². The molecule has 136 valence electrons. The quantitative estimate of drug-likeness (QED) is 0.590. The number of primary amides is 1. The molecule has 7 heteroatoms. The highest BCUT2D eigenvalue weighted by Crippen LogP contribution is 2.34. The van der Waals surface area contributed by atoms with Crippen LogP contribution in [0.5, 0.6) is 0 Å². The van der Waals surface area contributed by atoms with Gasteiger partial charge in [-0.2, -0.15) is 0 Å². The van der Waals surface area contributed by atoms with Gasteiger partial charge in [0.2, 0.25) is 5.91 Å². The fraction of sp³-hybridized carbons (Fsp3) is 0. The van der Waals surface area contributed by atoms with Gasteiger partial charge in [0.15, 0.2) is 0 Å². The van der Waals surface area contributed by atoms with Gasteiger partial charge in [0.25, 0.3) is 5.91 Å². The van der Waals surface area contributed by atoms with Crippen LogP contribution in [0.2, 0.25) is 10.0 Å². The second-order valence-electron chi connectivity index (χ2n) is 5.54. The number of nitrogens with two attached hydrogens (primary N) is 1. The third-order valence-electron chi connectivity index (χ3n) is 3.69. The molecule has 0 aliphatic rings. The summed E-state index contributed by atoms with van der Waals surface area (Å²) in [4.78, 5) is 23.5. The van der Waals surface area contributed by atoms with Crippen LogP contribution in [0.3, 0.4) is 0 Å². The Bertz CT molecular complexity index is 1040. The highest BCUT2D eigenvalue weighted by atomic mass is 35.5. The first-order valence-electron chi connectivity index (χ1n) is 7.88. The van der Waals surface area contributed by atoms with E-state index in [-0.39, 0.29) is 5.56 Å². The van der Waals surface area contributed by atoms with Crippen molar-refractivity contribution in [2.45, 2.75) is 0 Å². The lowest BCUT2D eigenvalue weighted by Crippen LogP contribution is -2.16. The molecule has 27 heavy (non-hydrogen) atoms. The minimum atomic E-state index is -0.621. The Kier molecular flexibility index (Phi) is 5.64. The van der Waals surface area contributed by atoms with Gasteiger partial charge in [-0.15, -0.1) is 0 Å². The first kappa shape index (κ1) is 18.8. The molecular weight excluding hydrogens is 387 g/mol. The summed E-state index contributed by atoms with van der Waals surface area (Å²) in [6.07, 6.45) is 2.80. The molecular formula is C20H14Cl2N2O3. The van der Waals surface area contributed by atoms with Crippen molar-refractivity contribution in [2.24, 2.45) is 5.73 Å². The van der Waals surface area contributed by atoms with Gasteiger partial charge in [-0.3, -0.25) is 9.59 Å². The van der Waals surface area contributed by atoms with Crippen LogP contribution in [-0.2, 0) is 4.79 Å². The number of carbonyl (C=O) groups excluding carboxylic acids is 2. The molecule has 3 aromatic rings. The van der Waals surface area contributed by atoms with E-state index >= 15 is 0 Å². The average molecular weight is 401 g/mol. The van der Waals surface area contributed by atoms with Crippen molar-refractivity contribution in [2.75, 3.05) is 5.32 Å². The molecule has 0 saturated heterocycles. The van der Waals surface area contributed by atoms with Gasteiger partial charge in [-0.05, 0) is 42.5 Å². The molecule has 0 unspecified atom stereocenters. The van der Waals surface area contributed by atoms with Gasteiger partial charge in [0, 0.05) is 11.6 Å². The normalized spacial score (nSPS) is 10.9. The van der Waals surface area contributed by atoms with E-state index in [0.29, 0.717) is 32.8 Å². The lowest BCUT2D eigenvalue weighted by Gasteiger charge is -2.06. The standard InChI is InChI=1S/C20H14Cl2N2O3/c21-15-6-3-5-14(19(15)22)17-10-8-12(27-17)9-11-18(25)24-16-7-2-1-4-13(16)20(23)26/h1-11H,(H2,23,26)(H,24,25). The Morgan fingerprint density at radius 3 is 2.56 bits per heavy atom. The molecule has 5 nitrogen and oxygen atoms in total. The van der Waals surface area contributed by atoms with Gasteiger partial charge in [0.1, 0.15) is 11.5 Å². The Hall–Kier alpha value is -3.02. The zero-order chi connectivity index (χ0) is 19.4. The van der Waals surface area contributed by atoms with E-state index in [1.54, 1.807) is 48.5 Å². The molecule has 1 heterocycles. The number of hydrogen-bond acceptors (Lipinski definition) is 3. The number of anilines is 1. The third kappa shape index (κ3) is 4.39. The molecule has 3 rings (SSSR count). The van der Waals surface area contributed by atoms with E-state index in [1.165, 1.54) is 18.2 Å². The molecule has 0 aliphatic carbocycles. The van der Waals surface area contributed by atoms with Gasteiger partial charge in [-0.25, -0.2) is 0 Å². The van der Waals surface area contributed by atoms with Crippen LogP contribution in [0.25, 0.3) is 17.4 Å². The summed E-state index contributed by atoms with van der Waals surface area (Å²) in [6.45, 7) is 0. The fourth-order valence-corrected chi connectivity index (χ4v) is 2.81. The number of nitrogens with one attached hydrogen (secondary N) is 1. The van der Waals surface area contributed by atoms with Crippen LogP contribution in [0, 0.1) is 0 Å². The summed E-state index contributed by atoms with van der Waals surface area (Å²) in [5.41, 5.74) is 6.52. The number of amides is 2. The Balaban J connectivity index is 1.74. The first-order valence-corrected chi connectivity index (χ1v) is 8.63. The van der Waals surface area contributed by atoms with Gasteiger partial charge in [0.05, 0.1) is 21.3 Å². The molecule has 1 aromatic heterocycles. The molecule has 2 aromatic carbocycles. The lowest BCUT2D eigenvalue weighted by molar-refractivity contribution is -0.111. The lowest BCUT2D eigenvalue weighted by atomic mass is 10.1. The van der Waals surface area contributed by atoms with E-state index in [4.69, 9.17) is 33.4 Å². The van der Waals surface area contributed by atoms with E-state index in [1.807, 2.05) is 0 Å². The smallest absolute Gasteiger partial charge is 0.250 e. The minimum absolute atomic E-state index is 0.232. The van der Waals surface area contributed by atoms with Crippen LogP contribution in [0.4, 0.5) is 5.69 Å². The van der Waals surface area contributed by atoms with Crippen molar-refractivity contribution >= 4 is 46.8 Å². The molecule has 0 saturated carbocycles. The van der Waals surface area contributed by atoms with E-state index in [2.05, 4.69) is 5.32 Å². The van der Waals surface area contributed by atoms with E-state index < -0.39 is 11.8 Å². The number of benzene rings is 2. The van der Waals surface area contributed by atoms with Crippen molar-refractivity contribution in [3.8, 4) is 11.3 Å². The van der Waals surface area contributed by atoms with Crippen molar-refractivity contribution in [1.82, 2.24) is 0 Å². The molecule has 0 bridgehead atoms. The number of furan rings is 1. The number of halogens is 2. The monoisotopic (exact) mass is 400 g/mol. The van der Waals surface area contributed by atoms with Crippen LogP contribution >= 0.6 is 23.2 Å². The molecule has 0 spiro atoms. The number of rotatable bonds is 5. The molecule has 0 atom stereocenters. The number of para-hydroxylation sites is 1. The predicted molar refractivity (Wildman–Crippen MR) is 107 cm³/mol. The second kappa shape index (κ2) is 8.12. The van der Waals surface area contributed by atoms with Crippen molar-refractivity contribution in [3.05, 3.63) is 82.0 Å². The fourth-order valence-electron chi connectivity index (χ4n) is 2.42. The average Bonchev–Trinajstić information content (AvgIpc) is 3.11. The van der Waals surface area contributed by atoms with Crippen molar-refractivity contribution in [3.63, 3.8) is 0 Å². The third-order valence-corrected chi connectivity index (χ3v) is 4.51.